The molecular formula is C24H32N4O2. The van der Waals surface area contributed by atoms with Gasteiger partial charge in [-0.1, -0.05) is 12.1 Å². The smallest absolute Gasteiger partial charge is 0.225 e. The molecule has 1 aromatic carbocycles. The number of rotatable bonds is 6. The molecule has 1 amide bonds. The molecule has 0 N–H and O–H groups in total. The first kappa shape index (κ1) is 20.6. The second kappa shape index (κ2) is 9.92. The van der Waals surface area contributed by atoms with Crippen LogP contribution in [0, 0.1) is 11.8 Å². The van der Waals surface area contributed by atoms with Crippen LogP contribution >= 0.6 is 0 Å². The maximum Gasteiger partial charge on any atom is 0.225 e. The van der Waals surface area contributed by atoms with Gasteiger partial charge in [0.25, 0.3) is 0 Å². The van der Waals surface area contributed by atoms with Crippen molar-refractivity contribution in [2.24, 2.45) is 11.8 Å². The van der Waals surface area contributed by atoms with Crippen molar-refractivity contribution >= 4 is 11.7 Å². The van der Waals surface area contributed by atoms with Gasteiger partial charge in [0, 0.05) is 44.5 Å². The predicted molar refractivity (Wildman–Crippen MR) is 118 cm³/mol. The molecule has 0 aliphatic carbocycles. The van der Waals surface area contributed by atoms with Crippen molar-refractivity contribution < 1.29 is 9.53 Å². The third kappa shape index (κ3) is 5.10. The number of carbonyl (C=O) groups excluding carboxylic acids is 1. The molecule has 4 rings (SSSR count). The largest absolute Gasteiger partial charge is 0.497 e. The molecule has 2 aromatic rings. The van der Waals surface area contributed by atoms with Crippen molar-refractivity contribution in [2.75, 3.05) is 38.2 Å². The molecule has 0 bridgehead atoms. The Bertz CT molecular complexity index is 796. The normalized spacial score (nSPS) is 18.4. The van der Waals surface area contributed by atoms with Crippen molar-refractivity contribution in [3.63, 3.8) is 0 Å². The number of carbonyl (C=O) groups is 1. The molecule has 2 aliphatic heterocycles. The van der Waals surface area contributed by atoms with Crippen LogP contribution in [0.3, 0.4) is 0 Å². The van der Waals surface area contributed by atoms with Crippen molar-refractivity contribution in [2.45, 2.75) is 38.5 Å². The molecule has 6 heteroatoms. The number of methoxy groups -OCH3 is 1. The topological polar surface area (TPSA) is 58.6 Å². The summed E-state index contributed by atoms with van der Waals surface area (Å²) in [4.78, 5) is 25.9. The monoisotopic (exact) mass is 408 g/mol. The predicted octanol–water partition coefficient (Wildman–Crippen LogP) is 3.57. The highest BCUT2D eigenvalue weighted by Crippen LogP contribution is 2.27. The Morgan fingerprint density at radius 2 is 1.77 bits per heavy atom. The van der Waals surface area contributed by atoms with E-state index in [-0.39, 0.29) is 5.92 Å². The average Bonchev–Trinajstić information content (AvgIpc) is 2.83. The Balaban J connectivity index is 1.19. The van der Waals surface area contributed by atoms with Crippen LogP contribution in [0.4, 0.5) is 5.82 Å². The van der Waals surface area contributed by atoms with Gasteiger partial charge in [-0.15, -0.1) is 0 Å². The fraction of sp³-hybridized carbons (Fsp3) is 0.542. The Hall–Kier alpha value is -2.63. The second-order valence-corrected chi connectivity index (χ2v) is 8.48. The van der Waals surface area contributed by atoms with Crippen LogP contribution in [0.5, 0.6) is 5.75 Å². The van der Waals surface area contributed by atoms with Gasteiger partial charge in [-0.05, 0) is 62.1 Å². The lowest BCUT2D eigenvalue weighted by Crippen LogP contribution is -2.45. The fourth-order valence-electron chi connectivity index (χ4n) is 4.67. The minimum Gasteiger partial charge on any atom is -0.497 e. The van der Waals surface area contributed by atoms with E-state index in [9.17, 15) is 4.79 Å². The molecule has 3 heterocycles. The van der Waals surface area contributed by atoms with Crippen LogP contribution in [-0.4, -0.2) is 54.1 Å². The summed E-state index contributed by atoms with van der Waals surface area (Å²) in [7, 11) is 1.70. The molecule has 0 saturated carbocycles. The molecular weight excluding hydrogens is 376 g/mol. The molecule has 0 radical (unpaired) electrons. The molecule has 2 aliphatic rings. The minimum absolute atomic E-state index is 0.161. The molecule has 0 spiro atoms. The number of nitrogens with zero attached hydrogens (tertiary/aromatic N) is 4. The minimum atomic E-state index is 0.161. The number of aryl methyl sites for hydroxylation is 1. The molecule has 30 heavy (non-hydrogen) atoms. The number of hydrogen-bond donors (Lipinski definition) is 0. The van der Waals surface area contributed by atoms with E-state index in [1.54, 1.807) is 25.7 Å². The van der Waals surface area contributed by atoms with Crippen LogP contribution in [0.15, 0.2) is 42.9 Å². The van der Waals surface area contributed by atoms with E-state index in [0.717, 1.165) is 75.8 Å². The van der Waals surface area contributed by atoms with E-state index in [4.69, 9.17) is 4.74 Å². The number of anilines is 1. The lowest BCUT2D eigenvalue weighted by atomic mass is 9.89. The number of ether oxygens (including phenoxy) is 1. The van der Waals surface area contributed by atoms with Crippen molar-refractivity contribution in [3.05, 3.63) is 48.4 Å². The Kier molecular flexibility index (Phi) is 6.82. The van der Waals surface area contributed by atoms with Gasteiger partial charge in [0.15, 0.2) is 0 Å². The maximum atomic E-state index is 13.0. The second-order valence-electron chi connectivity index (χ2n) is 8.48. The number of hydrogen-bond acceptors (Lipinski definition) is 5. The summed E-state index contributed by atoms with van der Waals surface area (Å²) in [6.07, 6.45) is 11.6. The van der Waals surface area contributed by atoms with Crippen LogP contribution < -0.4 is 9.64 Å². The van der Waals surface area contributed by atoms with Gasteiger partial charge < -0.3 is 14.5 Å². The molecule has 0 unspecified atom stereocenters. The van der Waals surface area contributed by atoms with E-state index in [1.165, 1.54) is 12.0 Å². The number of piperidine rings is 2. The summed E-state index contributed by atoms with van der Waals surface area (Å²) in [5.74, 6) is 3.07. The van der Waals surface area contributed by atoms with Crippen LogP contribution in [0.2, 0.25) is 0 Å². The summed E-state index contributed by atoms with van der Waals surface area (Å²) in [6, 6.07) is 8.38. The van der Waals surface area contributed by atoms with E-state index in [1.807, 2.05) is 12.1 Å². The summed E-state index contributed by atoms with van der Waals surface area (Å²) >= 11 is 0. The van der Waals surface area contributed by atoms with Gasteiger partial charge in [-0.25, -0.2) is 4.98 Å². The van der Waals surface area contributed by atoms with Gasteiger partial charge in [-0.3, -0.25) is 9.78 Å². The number of aromatic nitrogens is 2. The zero-order valence-electron chi connectivity index (χ0n) is 17.9. The van der Waals surface area contributed by atoms with Gasteiger partial charge in [-0.2, -0.15) is 0 Å². The lowest BCUT2D eigenvalue weighted by Gasteiger charge is -2.37. The lowest BCUT2D eigenvalue weighted by molar-refractivity contribution is -0.137. The molecule has 6 nitrogen and oxygen atoms in total. The SMILES string of the molecule is COc1ccc(CCC2CCN(C(=O)C3CCN(c4cnccn4)CC3)CC2)cc1. The average molecular weight is 409 g/mol. The Morgan fingerprint density at radius 3 is 2.40 bits per heavy atom. The summed E-state index contributed by atoms with van der Waals surface area (Å²) < 4.78 is 5.23. The van der Waals surface area contributed by atoms with Crippen LogP contribution in [-0.2, 0) is 11.2 Å². The molecule has 1 aromatic heterocycles. The van der Waals surface area contributed by atoms with Crippen molar-refractivity contribution in [1.29, 1.82) is 0 Å². The molecule has 0 atom stereocenters. The molecule has 160 valence electrons. The quantitative estimate of drug-likeness (QED) is 0.731. The van der Waals surface area contributed by atoms with Crippen molar-refractivity contribution in [3.8, 4) is 5.75 Å². The van der Waals surface area contributed by atoms with Gasteiger partial charge in [0.1, 0.15) is 11.6 Å². The number of amides is 1. The number of likely N-dealkylation sites (tertiary alicyclic amines) is 1. The summed E-state index contributed by atoms with van der Waals surface area (Å²) in [5.41, 5.74) is 1.36. The van der Waals surface area contributed by atoms with Gasteiger partial charge in [0.2, 0.25) is 5.91 Å². The highest BCUT2D eigenvalue weighted by molar-refractivity contribution is 5.79. The van der Waals surface area contributed by atoms with Gasteiger partial charge in [0.05, 0.1) is 13.3 Å². The van der Waals surface area contributed by atoms with E-state index in [2.05, 4.69) is 31.9 Å². The Morgan fingerprint density at radius 1 is 1.03 bits per heavy atom. The zero-order chi connectivity index (χ0) is 20.8. The first-order valence-electron chi connectivity index (χ1n) is 11.2. The summed E-state index contributed by atoms with van der Waals surface area (Å²) in [6.45, 7) is 3.59. The van der Waals surface area contributed by atoms with E-state index < -0.39 is 0 Å². The fourth-order valence-corrected chi connectivity index (χ4v) is 4.67. The highest BCUT2D eigenvalue weighted by Gasteiger charge is 2.31. The zero-order valence-corrected chi connectivity index (χ0v) is 17.9. The highest BCUT2D eigenvalue weighted by atomic mass is 16.5. The Labute approximate surface area is 179 Å². The van der Waals surface area contributed by atoms with Crippen molar-refractivity contribution in [1.82, 2.24) is 14.9 Å². The third-order valence-electron chi connectivity index (χ3n) is 6.64. The van der Waals surface area contributed by atoms with E-state index in [0.29, 0.717) is 5.91 Å². The third-order valence-corrected chi connectivity index (χ3v) is 6.64. The first-order chi connectivity index (χ1) is 14.7. The van der Waals surface area contributed by atoms with Crippen LogP contribution in [0.1, 0.15) is 37.7 Å². The summed E-state index contributed by atoms with van der Waals surface area (Å²) in [5, 5.41) is 0. The first-order valence-corrected chi connectivity index (χ1v) is 11.2. The molecule has 2 saturated heterocycles. The standard InChI is InChI=1S/C24H32N4O2/c1-30-22-6-4-19(5-7-22)2-3-20-8-14-28(15-9-20)24(29)21-10-16-27(17-11-21)23-18-25-12-13-26-23/h4-7,12-13,18,20-21H,2-3,8-11,14-17H2,1H3. The maximum absolute atomic E-state index is 13.0. The van der Waals surface area contributed by atoms with Crippen LogP contribution in [0.25, 0.3) is 0 Å². The molecule has 2 fully saturated rings. The van der Waals surface area contributed by atoms with Gasteiger partial charge >= 0.3 is 0 Å². The number of benzene rings is 1. The van der Waals surface area contributed by atoms with E-state index >= 15 is 0 Å².